The van der Waals surface area contributed by atoms with E-state index < -0.39 is 5.54 Å². The Morgan fingerprint density at radius 3 is 1.67 bits per heavy atom. The maximum atomic E-state index is 8.31. The van der Waals surface area contributed by atoms with Crippen molar-refractivity contribution in [2.45, 2.75) is 12.5 Å². The molecule has 76 valence electrons. The SMILES string of the molecule is CC(N)(CO)CO.CNCCO. The number of hydrogen-bond donors (Lipinski definition) is 5. The second kappa shape index (κ2) is 8.89. The molecule has 0 atom stereocenters. The number of aliphatic hydroxyl groups is 3. The Bertz CT molecular complexity index is 80.7. The molecule has 5 heteroatoms. The molecule has 0 aliphatic carbocycles. The van der Waals surface area contributed by atoms with E-state index >= 15 is 0 Å². The van der Waals surface area contributed by atoms with Crippen LogP contribution in [0.2, 0.25) is 0 Å². The third-order valence-electron chi connectivity index (χ3n) is 1.08. The number of likely N-dealkylation sites (N-methyl/N-ethyl adjacent to an activating group) is 1. The van der Waals surface area contributed by atoms with Gasteiger partial charge in [0.2, 0.25) is 0 Å². The van der Waals surface area contributed by atoms with Gasteiger partial charge in [0.05, 0.1) is 25.4 Å². The lowest BCUT2D eigenvalue weighted by Crippen LogP contribution is -2.43. The summed E-state index contributed by atoms with van der Waals surface area (Å²) in [6.45, 7) is 2.15. The first kappa shape index (κ1) is 14.3. The summed E-state index contributed by atoms with van der Waals surface area (Å²) in [5, 5.41) is 27.4. The quantitative estimate of drug-likeness (QED) is 0.341. The highest BCUT2D eigenvalue weighted by molar-refractivity contribution is 4.74. The van der Waals surface area contributed by atoms with Crippen molar-refractivity contribution in [3.05, 3.63) is 0 Å². The molecule has 0 aromatic rings. The Kier molecular flexibility index (Phi) is 10.6. The van der Waals surface area contributed by atoms with Crippen LogP contribution in [0, 0.1) is 0 Å². The van der Waals surface area contributed by atoms with E-state index in [2.05, 4.69) is 5.32 Å². The van der Waals surface area contributed by atoms with Crippen molar-refractivity contribution in [1.82, 2.24) is 5.32 Å². The first-order valence-corrected chi connectivity index (χ1v) is 3.80. The average Bonchev–Trinajstić information content (AvgIpc) is 2.07. The van der Waals surface area contributed by atoms with Gasteiger partial charge in [-0.1, -0.05) is 0 Å². The molecule has 0 unspecified atom stereocenters. The van der Waals surface area contributed by atoms with E-state index in [0.717, 1.165) is 0 Å². The van der Waals surface area contributed by atoms with Gasteiger partial charge in [-0.2, -0.15) is 0 Å². The lowest BCUT2D eigenvalue weighted by Gasteiger charge is -2.16. The van der Waals surface area contributed by atoms with Crippen LogP contribution in [-0.2, 0) is 0 Å². The summed E-state index contributed by atoms with van der Waals surface area (Å²) >= 11 is 0. The van der Waals surface area contributed by atoms with Gasteiger partial charge in [-0.3, -0.25) is 0 Å². The van der Waals surface area contributed by atoms with Crippen molar-refractivity contribution in [2.75, 3.05) is 33.4 Å². The van der Waals surface area contributed by atoms with Crippen molar-refractivity contribution in [3.63, 3.8) is 0 Å². The number of nitrogens with one attached hydrogen (secondary N) is 1. The Labute approximate surface area is 73.2 Å². The predicted octanol–water partition coefficient (Wildman–Crippen LogP) is -2.11. The Balaban J connectivity index is 0. The highest BCUT2D eigenvalue weighted by Crippen LogP contribution is 1.91. The molecule has 0 aromatic carbocycles. The van der Waals surface area contributed by atoms with E-state index in [4.69, 9.17) is 21.1 Å². The topological polar surface area (TPSA) is 98.7 Å². The van der Waals surface area contributed by atoms with Crippen LogP contribution in [0.5, 0.6) is 0 Å². The average molecular weight is 180 g/mol. The van der Waals surface area contributed by atoms with E-state index in [9.17, 15) is 0 Å². The number of rotatable bonds is 4. The van der Waals surface area contributed by atoms with Gasteiger partial charge in [0, 0.05) is 6.54 Å². The van der Waals surface area contributed by atoms with Crippen molar-refractivity contribution in [3.8, 4) is 0 Å². The number of aliphatic hydroxyl groups excluding tert-OH is 3. The summed E-state index contributed by atoms with van der Waals surface area (Å²) in [7, 11) is 1.80. The molecule has 0 fully saturated rings. The first-order valence-electron chi connectivity index (χ1n) is 3.80. The summed E-state index contributed by atoms with van der Waals surface area (Å²) in [5.41, 5.74) is 4.41. The first-order chi connectivity index (χ1) is 5.54. The molecule has 0 saturated heterocycles. The molecule has 6 N–H and O–H groups in total. The molecule has 0 rings (SSSR count). The van der Waals surface area contributed by atoms with Crippen LogP contribution in [0.15, 0.2) is 0 Å². The largest absolute Gasteiger partial charge is 0.395 e. The second-order valence-corrected chi connectivity index (χ2v) is 2.80. The maximum Gasteiger partial charge on any atom is 0.0631 e. The fraction of sp³-hybridized carbons (Fsp3) is 1.00. The highest BCUT2D eigenvalue weighted by atomic mass is 16.3. The lowest BCUT2D eigenvalue weighted by atomic mass is 10.1. The molecule has 5 nitrogen and oxygen atoms in total. The maximum absolute atomic E-state index is 8.31. The molecular weight excluding hydrogens is 160 g/mol. The summed E-state index contributed by atoms with van der Waals surface area (Å²) in [6, 6.07) is 0. The van der Waals surface area contributed by atoms with Crippen LogP contribution in [0.4, 0.5) is 0 Å². The Morgan fingerprint density at radius 2 is 1.67 bits per heavy atom. The Morgan fingerprint density at radius 1 is 1.25 bits per heavy atom. The van der Waals surface area contributed by atoms with Gasteiger partial charge in [-0.05, 0) is 14.0 Å². The van der Waals surface area contributed by atoms with Gasteiger partial charge in [0.15, 0.2) is 0 Å². The van der Waals surface area contributed by atoms with Crippen molar-refractivity contribution >= 4 is 0 Å². The van der Waals surface area contributed by atoms with E-state index in [0.29, 0.717) is 6.54 Å². The van der Waals surface area contributed by atoms with Crippen molar-refractivity contribution < 1.29 is 15.3 Å². The molecule has 0 radical (unpaired) electrons. The van der Waals surface area contributed by atoms with Crippen LogP contribution in [0.1, 0.15) is 6.92 Å². The third-order valence-corrected chi connectivity index (χ3v) is 1.08. The van der Waals surface area contributed by atoms with E-state index in [1.54, 1.807) is 14.0 Å². The highest BCUT2D eigenvalue weighted by Gasteiger charge is 2.13. The molecular formula is C7H20N2O3. The molecule has 0 aliphatic rings. The monoisotopic (exact) mass is 180 g/mol. The van der Waals surface area contributed by atoms with E-state index in [1.165, 1.54) is 0 Å². The molecule has 0 heterocycles. The molecule has 12 heavy (non-hydrogen) atoms. The fourth-order valence-electron chi connectivity index (χ4n) is 0.162. The van der Waals surface area contributed by atoms with Gasteiger partial charge in [-0.25, -0.2) is 0 Å². The summed E-state index contributed by atoms with van der Waals surface area (Å²) < 4.78 is 0. The molecule has 0 bridgehead atoms. The van der Waals surface area contributed by atoms with Crippen LogP contribution in [0.25, 0.3) is 0 Å². The Hall–Kier alpha value is -0.200. The minimum Gasteiger partial charge on any atom is -0.395 e. The van der Waals surface area contributed by atoms with Crippen LogP contribution in [-0.4, -0.2) is 54.3 Å². The third kappa shape index (κ3) is 12.5. The lowest BCUT2D eigenvalue weighted by molar-refractivity contribution is 0.134. The molecule has 0 saturated carbocycles. The minimum absolute atomic E-state index is 0.177. The summed E-state index contributed by atoms with van der Waals surface area (Å²) in [6.07, 6.45) is 0. The van der Waals surface area contributed by atoms with E-state index in [-0.39, 0.29) is 19.8 Å². The fourth-order valence-corrected chi connectivity index (χ4v) is 0.162. The summed E-state index contributed by atoms with van der Waals surface area (Å²) in [4.78, 5) is 0. The van der Waals surface area contributed by atoms with Gasteiger partial charge in [0.1, 0.15) is 0 Å². The van der Waals surface area contributed by atoms with Crippen molar-refractivity contribution in [1.29, 1.82) is 0 Å². The number of hydrogen-bond acceptors (Lipinski definition) is 5. The number of nitrogens with two attached hydrogens (primary N) is 1. The van der Waals surface area contributed by atoms with Gasteiger partial charge >= 0.3 is 0 Å². The van der Waals surface area contributed by atoms with Gasteiger partial charge in [0.25, 0.3) is 0 Å². The minimum atomic E-state index is -0.806. The van der Waals surface area contributed by atoms with Gasteiger partial charge in [-0.15, -0.1) is 0 Å². The van der Waals surface area contributed by atoms with E-state index in [1.807, 2.05) is 0 Å². The van der Waals surface area contributed by atoms with Crippen LogP contribution >= 0.6 is 0 Å². The zero-order valence-electron chi connectivity index (χ0n) is 7.75. The normalized spacial score (nSPS) is 10.5. The standard InChI is InChI=1S/C4H11NO2.C3H9NO/c1-4(5,2-6)3-7;1-4-2-3-5/h6-7H,2-3,5H2,1H3;4-5H,2-3H2,1H3. The molecule has 0 aromatic heterocycles. The predicted molar refractivity (Wildman–Crippen MR) is 47.8 cm³/mol. The second-order valence-electron chi connectivity index (χ2n) is 2.80. The van der Waals surface area contributed by atoms with Crippen LogP contribution < -0.4 is 11.1 Å². The molecule has 0 aliphatic heterocycles. The zero-order chi connectivity index (χ0) is 10.0. The van der Waals surface area contributed by atoms with Gasteiger partial charge < -0.3 is 26.4 Å². The smallest absolute Gasteiger partial charge is 0.0631 e. The zero-order valence-corrected chi connectivity index (χ0v) is 7.75. The molecule has 0 amide bonds. The summed E-state index contributed by atoms with van der Waals surface area (Å²) in [5.74, 6) is 0. The van der Waals surface area contributed by atoms with Crippen LogP contribution in [0.3, 0.4) is 0 Å². The molecule has 0 spiro atoms. The van der Waals surface area contributed by atoms with Crippen molar-refractivity contribution in [2.24, 2.45) is 5.73 Å².